The molecule has 0 aromatic heterocycles. The first-order chi connectivity index (χ1) is 7.79. The molecule has 0 aliphatic heterocycles. The number of rotatable bonds is 3. The topological polar surface area (TPSA) is 63.6 Å². The summed E-state index contributed by atoms with van der Waals surface area (Å²) in [6.45, 7) is 6.47. The molecule has 4 heteroatoms. The monoisotopic (exact) mass is 242 g/mol. The summed E-state index contributed by atoms with van der Waals surface area (Å²) in [4.78, 5) is 22.5. The maximum atomic E-state index is 11.8. The highest BCUT2D eigenvalue weighted by molar-refractivity contribution is 5.74. The van der Waals surface area contributed by atoms with Gasteiger partial charge in [-0.25, -0.2) is 0 Å². The molecule has 0 bridgehead atoms. The molecule has 0 spiro atoms. The molecule has 0 aromatic carbocycles. The summed E-state index contributed by atoms with van der Waals surface area (Å²) in [6, 6.07) is 0. The third-order valence-corrected chi connectivity index (χ3v) is 3.06. The first-order valence-corrected chi connectivity index (χ1v) is 6.19. The van der Waals surface area contributed by atoms with Crippen molar-refractivity contribution in [2.75, 3.05) is 6.61 Å². The Bertz CT molecular complexity index is 282. The zero-order valence-electron chi connectivity index (χ0n) is 10.9. The van der Waals surface area contributed by atoms with Gasteiger partial charge in [0.25, 0.3) is 0 Å². The number of esters is 1. The molecular formula is C13H22O4. The fourth-order valence-corrected chi connectivity index (χ4v) is 1.98. The van der Waals surface area contributed by atoms with Gasteiger partial charge >= 0.3 is 11.9 Å². The summed E-state index contributed by atoms with van der Waals surface area (Å²) in [6.07, 6.45) is 2.45. The SMILES string of the molecule is CC(C)(C)COC(=O)C1CCC(C(=O)O)CC1. The fourth-order valence-electron chi connectivity index (χ4n) is 1.98. The second kappa shape index (κ2) is 5.52. The minimum atomic E-state index is -0.744. The van der Waals surface area contributed by atoms with Crippen LogP contribution in [-0.4, -0.2) is 23.7 Å². The van der Waals surface area contributed by atoms with Gasteiger partial charge in [0.1, 0.15) is 0 Å². The molecule has 4 nitrogen and oxygen atoms in total. The van der Waals surface area contributed by atoms with Crippen molar-refractivity contribution >= 4 is 11.9 Å². The zero-order chi connectivity index (χ0) is 13.1. The summed E-state index contributed by atoms with van der Waals surface area (Å²) in [5.41, 5.74) is -0.0199. The van der Waals surface area contributed by atoms with Crippen molar-refractivity contribution in [3.63, 3.8) is 0 Å². The molecule has 0 radical (unpaired) electrons. The Hall–Kier alpha value is -1.06. The number of carbonyl (C=O) groups excluding carboxylic acids is 1. The van der Waals surface area contributed by atoms with Gasteiger partial charge in [-0.15, -0.1) is 0 Å². The van der Waals surface area contributed by atoms with E-state index in [0.29, 0.717) is 32.3 Å². The Morgan fingerprint density at radius 1 is 1.12 bits per heavy atom. The molecule has 0 amide bonds. The molecule has 1 rings (SSSR count). The van der Waals surface area contributed by atoms with Gasteiger partial charge in [0, 0.05) is 0 Å². The minimum absolute atomic E-state index is 0.0199. The fraction of sp³-hybridized carbons (Fsp3) is 0.846. The predicted molar refractivity (Wildman–Crippen MR) is 63.5 cm³/mol. The molecular weight excluding hydrogens is 220 g/mol. The summed E-state index contributed by atoms with van der Waals surface area (Å²) in [7, 11) is 0. The van der Waals surface area contributed by atoms with Crippen molar-refractivity contribution in [1.82, 2.24) is 0 Å². The lowest BCUT2D eigenvalue weighted by Crippen LogP contribution is -2.29. The largest absolute Gasteiger partial charge is 0.481 e. The van der Waals surface area contributed by atoms with Crippen LogP contribution in [-0.2, 0) is 14.3 Å². The highest BCUT2D eigenvalue weighted by Crippen LogP contribution is 2.30. The van der Waals surface area contributed by atoms with Crippen LogP contribution in [0.4, 0.5) is 0 Å². The minimum Gasteiger partial charge on any atom is -0.481 e. The molecule has 0 heterocycles. The van der Waals surface area contributed by atoms with Gasteiger partial charge in [0.2, 0.25) is 0 Å². The van der Waals surface area contributed by atoms with Crippen LogP contribution < -0.4 is 0 Å². The molecule has 17 heavy (non-hydrogen) atoms. The van der Waals surface area contributed by atoms with Gasteiger partial charge in [0.15, 0.2) is 0 Å². The third kappa shape index (κ3) is 4.75. The molecule has 0 aromatic rings. The van der Waals surface area contributed by atoms with E-state index >= 15 is 0 Å². The molecule has 0 atom stereocenters. The van der Waals surface area contributed by atoms with Crippen molar-refractivity contribution in [3.05, 3.63) is 0 Å². The standard InChI is InChI=1S/C13H22O4/c1-13(2,3)8-17-12(16)10-6-4-9(5-7-10)11(14)15/h9-10H,4-8H2,1-3H3,(H,14,15). The van der Waals surface area contributed by atoms with Crippen LogP contribution in [0.2, 0.25) is 0 Å². The van der Waals surface area contributed by atoms with Crippen LogP contribution in [0.5, 0.6) is 0 Å². The van der Waals surface area contributed by atoms with E-state index in [9.17, 15) is 9.59 Å². The Morgan fingerprint density at radius 2 is 1.59 bits per heavy atom. The van der Waals surface area contributed by atoms with E-state index < -0.39 is 5.97 Å². The summed E-state index contributed by atoms with van der Waals surface area (Å²) in [5, 5.41) is 8.86. The number of carboxylic acids is 1. The van der Waals surface area contributed by atoms with E-state index in [1.54, 1.807) is 0 Å². The van der Waals surface area contributed by atoms with Crippen molar-refractivity contribution in [3.8, 4) is 0 Å². The molecule has 1 aliphatic rings. The average Bonchev–Trinajstić information content (AvgIpc) is 2.25. The Balaban J connectivity index is 2.33. The smallest absolute Gasteiger partial charge is 0.308 e. The zero-order valence-corrected chi connectivity index (χ0v) is 10.9. The predicted octanol–water partition coefficient (Wildman–Crippen LogP) is 2.47. The lowest BCUT2D eigenvalue weighted by molar-refractivity contribution is -0.154. The number of hydrogen-bond donors (Lipinski definition) is 1. The molecule has 1 fully saturated rings. The molecule has 0 saturated heterocycles. The highest BCUT2D eigenvalue weighted by atomic mass is 16.5. The van der Waals surface area contributed by atoms with E-state index in [-0.39, 0.29) is 23.2 Å². The van der Waals surface area contributed by atoms with Crippen molar-refractivity contribution in [2.24, 2.45) is 17.3 Å². The maximum Gasteiger partial charge on any atom is 0.308 e. The van der Waals surface area contributed by atoms with E-state index in [1.165, 1.54) is 0 Å². The Labute approximate surface area is 102 Å². The van der Waals surface area contributed by atoms with Gasteiger partial charge in [-0.2, -0.15) is 0 Å². The molecule has 1 saturated carbocycles. The third-order valence-electron chi connectivity index (χ3n) is 3.06. The lowest BCUT2D eigenvalue weighted by Gasteiger charge is -2.26. The summed E-state index contributed by atoms with van der Waals surface area (Å²) < 4.78 is 5.26. The van der Waals surface area contributed by atoms with E-state index in [2.05, 4.69) is 0 Å². The second-order valence-corrected chi connectivity index (χ2v) is 6.06. The van der Waals surface area contributed by atoms with Gasteiger partial charge in [-0.1, -0.05) is 20.8 Å². The van der Waals surface area contributed by atoms with Gasteiger partial charge in [0.05, 0.1) is 18.4 Å². The van der Waals surface area contributed by atoms with Crippen molar-refractivity contribution < 1.29 is 19.4 Å². The van der Waals surface area contributed by atoms with Gasteiger partial charge in [-0.3, -0.25) is 9.59 Å². The van der Waals surface area contributed by atoms with Crippen LogP contribution >= 0.6 is 0 Å². The number of hydrogen-bond acceptors (Lipinski definition) is 3. The average molecular weight is 242 g/mol. The number of aliphatic carboxylic acids is 1. The van der Waals surface area contributed by atoms with Crippen molar-refractivity contribution in [1.29, 1.82) is 0 Å². The van der Waals surface area contributed by atoms with Crippen LogP contribution in [0.3, 0.4) is 0 Å². The van der Waals surface area contributed by atoms with E-state index in [1.807, 2.05) is 20.8 Å². The number of ether oxygens (including phenoxy) is 1. The second-order valence-electron chi connectivity index (χ2n) is 6.06. The highest BCUT2D eigenvalue weighted by Gasteiger charge is 2.31. The first-order valence-electron chi connectivity index (χ1n) is 6.19. The molecule has 98 valence electrons. The number of carbonyl (C=O) groups is 2. The van der Waals surface area contributed by atoms with Crippen LogP contribution in [0, 0.1) is 17.3 Å². The van der Waals surface area contributed by atoms with Crippen LogP contribution in [0.25, 0.3) is 0 Å². The number of carboxylic acid groups (broad SMARTS) is 1. The lowest BCUT2D eigenvalue weighted by atomic mass is 9.82. The molecule has 0 unspecified atom stereocenters. The van der Waals surface area contributed by atoms with E-state index in [4.69, 9.17) is 9.84 Å². The maximum absolute atomic E-state index is 11.8. The van der Waals surface area contributed by atoms with Crippen LogP contribution in [0.15, 0.2) is 0 Å². The van der Waals surface area contributed by atoms with Gasteiger partial charge < -0.3 is 9.84 Å². The molecule has 1 N–H and O–H groups in total. The Kier molecular flexibility index (Phi) is 4.54. The van der Waals surface area contributed by atoms with Gasteiger partial charge in [-0.05, 0) is 31.1 Å². The first kappa shape index (κ1) is 14.0. The van der Waals surface area contributed by atoms with Crippen molar-refractivity contribution in [2.45, 2.75) is 46.5 Å². The summed E-state index contributed by atoms with van der Waals surface area (Å²) >= 11 is 0. The quantitative estimate of drug-likeness (QED) is 0.772. The molecule has 1 aliphatic carbocycles. The van der Waals surface area contributed by atoms with Crippen LogP contribution in [0.1, 0.15) is 46.5 Å². The van der Waals surface area contributed by atoms with E-state index in [0.717, 1.165) is 0 Å². The normalized spacial score (nSPS) is 25.4. The Morgan fingerprint density at radius 3 is 2.00 bits per heavy atom. The summed E-state index contributed by atoms with van der Waals surface area (Å²) in [5.74, 6) is -1.29.